The van der Waals surface area contributed by atoms with Crippen molar-refractivity contribution in [2.75, 3.05) is 19.6 Å². The number of hydrogen-bond donors (Lipinski definition) is 0. The van der Waals surface area contributed by atoms with Gasteiger partial charge in [0.2, 0.25) is 0 Å². The fraction of sp³-hybridized carbons (Fsp3) is 0.429. The van der Waals surface area contributed by atoms with E-state index >= 15 is 0 Å². The lowest BCUT2D eigenvalue weighted by molar-refractivity contribution is -0.118. The average molecular weight is 446 g/mol. The minimum atomic E-state index is 0.301. The van der Waals surface area contributed by atoms with Gasteiger partial charge in [0.25, 0.3) is 0 Å². The Morgan fingerprint density at radius 3 is 2.56 bits per heavy atom. The van der Waals surface area contributed by atoms with Crippen molar-refractivity contribution in [1.29, 1.82) is 0 Å². The van der Waals surface area contributed by atoms with Crippen LogP contribution in [0.4, 0.5) is 0 Å². The lowest BCUT2D eigenvalue weighted by Gasteiger charge is -2.44. The summed E-state index contributed by atoms with van der Waals surface area (Å²) in [6.07, 6.45) is 5.12. The highest BCUT2D eigenvalue weighted by molar-refractivity contribution is 7.21. The van der Waals surface area contributed by atoms with E-state index in [4.69, 9.17) is 0 Å². The minimum Gasteiger partial charge on any atom is -0.303 e. The zero-order valence-corrected chi connectivity index (χ0v) is 19.6. The van der Waals surface area contributed by atoms with E-state index < -0.39 is 0 Å². The second-order valence-electron chi connectivity index (χ2n) is 9.41. The number of carbonyl (C=O) groups is 2. The molecular weight excluding hydrogens is 414 g/mol. The molecule has 3 aliphatic rings. The molecule has 2 aromatic carbocycles. The summed E-state index contributed by atoms with van der Waals surface area (Å²) in [6, 6.07) is 16.8. The molecule has 0 spiro atoms. The van der Waals surface area contributed by atoms with Crippen LogP contribution in [0, 0.1) is 11.8 Å². The first-order valence-corrected chi connectivity index (χ1v) is 12.8. The highest BCUT2D eigenvalue weighted by atomic mass is 32.1. The molecular formula is C28H31NO2S. The van der Waals surface area contributed by atoms with Crippen molar-refractivity contribution in [1.82, 2.24) is 4.90 Å². The van der Waals surface area contributed by atoms with E-state index in [1.54, 1.807) is 11.3 Å². The summed E-state index contributed by atoms with van der Waals surface area (Å²) in [5, 5.41) is 1.14. The molecule has 2 bridgehead atoms. The first-order valence-electron chi connectivity index (χ1n) is 12.0. The molecule has 0 aliphatic carbocycles. The Kier molecular flexibility index (Phi) is 6.25. The molecule has 0 radical (unpaired) electrons. The first kappa shape index (κ1) is 21.5. The third kappa shape index (κ3) is 4.31. The van der Waals surface area contributed by atoms with Crippen LogP contribution in [0.25, 0.3) is 21.2 Å². The first-order chi connectivity index (χ1) is 15.6. The zero-order valence-electron chi connectivity index (χ0n) is 18.8. The minimum absolute atomic E-state index is 0.301. The molecule has 0 amide bonds. The summed E-state index contributed by atoms with van der Waals surface area (Å²) in [5.74, 6) is 1.85. The maximum absolute atomic E-state index is 13.2. The summed E-state index contributed by atoms with van der Waals surface area (Å²) in [4.78, 5) is 28.6. The van der Waals surface area contributed by atoms with Gasteiger partial charge in [0.05, 0.1) is 4.88 Å². The molecule has 166 valence electrons. The molecule has 3 aliphatic heterocycles. The normalized spacial score (nSPS) is 22.3. The smallest absolute Gasteiger partial charge is 0.173 e. The number of hydrogen-bond acceptors (Lipinski definition) is 4. The Morgan fingerprint density at radius 1 is 1.03 bits per heavy atom. The number of thiophene rings is 1. The van der Waals surface area contributed by atoms with E-state index in [1.165, 1.54) is 47.3 Å². The van der Waals surface area contributed by atoms with Crippen molar-refractivity contribution in [3.63, 3.8) is 0 Å². The van der Waals surface area contributed by atoms with Crippen LogP contribution in [-0.4, -0.2) is 36.1 Å². The third-order valence-corrected chi connectivity index (χ3v) is 8.66. The van der Waals surface area contributed by atoms with E-state index in [2.05, 4.69) is 47.4 Å². The van der Waals surface area contributed by atoms with Gasteiger partial charge < -0.3 is 4.90 Å². The number of nitrogens with zero attached hydrogens (tertiary/aromatic N) is 1. The van der Waals surface area contributed by atoms with E-state index in [0.717, 1.165) is 29.1 Å². The molecule has 1 atom stereocenters. The number of Topliss-reactive ketones (excluding diaryl/α,β-unsaturated/α-hetero) is 2. The Bertz CT molecular complexity index is 1140. The van der Waals surface area contributed by atoms with Gasteiger partial charge in [-0.05, 0) is 72.3 Å². The van der Waals surface area contributed by atoms with Crippen LogP contribution in [0.1, 0.15) is 54.3 Å². The molecule has 6 rings (SSSR count). The summed E-state index contributed by atoms with van der Waals surface area (Å²) < 4.78 is 1.18. The van der Waals surface area contributed by atoms with Gasteiger partial charge in [-0.25, -0.2) is 0 Å². The molecule has 3 fully saturated rings. The van der Waals surface area contributed by atoms with Crippen LogP contribution in [0.2, 0.25) is 0 Å². The monoisotopic (exact) mass is 445 g/mol. The SMILES string of the molecule is CCC(=O)CCc1ccccc1-c1cccc2cc(C(=O)C[C@H]3CN4CCC3CC4)sc12. The standard InChI is InChI=1S/C28H31NO2S/c1-2-23(30)11-10-20-6-3-4-8-24(20)25-9-5-7-21-17-27(32-28(21)25)26(31)16-22-18-29-14-12-19(22)13-15-29/h3-9,17,19,22H,2,10-16,18H2,1H3/t22-/m0/s1. The Morgan fingerprint density at radius 2 is 1.81 bits per heavy atom. The summed E-state index contributed by atoms with van der Waals surface area (Å²) in [5.41, 5.74) is 3.56. The number of aryl methyl sites for hydroxylation is 1. The number of carbonyl (C=O) groups excluding carboxylic acids is 2. The van der Waals surface area contributed by atoms with Gasteiger partial charge in [-0.3, -0.25) is 9.59 Å². The van der Waals surface area contributed by atoms with Crippen molar-refractivity contribution < 1.29 is 9.59 Å². The largest absolute Gasteiger partial charge is 0.303 e. The average Bonchev–Trinajstić information content (AvgIpc) is 3.28. The van der Waals surface area contributed by atoms with Gasteiger partial charge in [-0.2, -0.15) is 0 Å². The number of piperidine rings is 3. The van der Waals surface area contributed by atoms with Crippen molar-refractivity contribution in [2.45, 2.75) is 45.4 Å². The van der Waals surface area contributed by atoms with Crippen molar-refractivity contribution in [2.24, 2.45) is 11.8 Å². The molecule has 4 heterocycles. The Hall–Kier alpha value is -2.30. The molecule has 0 unspecified atom stereocenters. The lowest BCUT2D eigenvalue weighted by Crippen LogP contribution is -2.47. The van der Waals surface area contributed by atoms with E-state index in [-0.39, 0.29) is 0 Å². The van der Waals surface area contributed by atoms with Gasteiger partial charge in [0, 0.05) is 30.5 Å². The molecule has 3 aromatic rings. The summed E-state index contributed by atoms with van der Waals surface area (Å²) >= 11 is 1.64. The van der Waals surface area contributed by atoms with Gasteiger partial charge >= 0.3 is 0 Å². The molecule has 3 saturated heterocycles. The van der Waals surface area contributed by atoms with Crippen molar-refractivity contribution in [3.8, 4) is 11.1 Å². The number of benzene rings is 2. The fourth-order valence-electron chi connectivity index (χ4n) is 5.52. The Balaban J connectivity index is 1.42. The number of ketones is 2. The summed E-state index contributed by atoms with van der Waals surface area (Å²) in [7, 11) is 0. The fourth-order valence-corrected chi connectivity index (χ4v) is 6.66. The maximum Gasteiger partial charge on any atom is 0.173 e. The highest BCUT2D eigenvalue weighted by Crippen LogP contribution is 2.39. The van der Waals surface area contributed by atoms with Crippen molar-refractivity contribution >= 4 is 33.0 Å². The topological polar surface area (TPSA) is 37.4 Å². The second kappa shape index (κ2) is 9.29. The van der Waals surface area contributed by atoms with Crippen LogP contribution in [-0.2, 0) is 11.2 Å². The van der Waals surface area contributed by atoms with Crippen LogP contribution in [0.15, 0.2) is 48.5 Å². The van der Waals surface area contributed by atoms with E-state index in [9.17, 15) is 9.59 Å². The van der Waals surface area contributed by atoms with Crippen LogP contribution in [0.3, 0.4) is 0 Å². The zero-order chi connectivity index (χ0) is 22.1. The van der Waals surface area contributed by atoms with Crippen LogP contribution >= 0.6 is 11.3 Å². The lowest BCUT2D eigenvalue weighted by atomic mass is 9.76. The van der Waals surface area contributed by atoms with Gasteiger partial charge in [0.1, 0.15) is 5.78 Å². The molecule has 0 saturated carbocycles. The second-order valence-corrected chi connectivity index (χ2v) is 10.5. The maximum atomic E-state index is 13.2. The third-order valence-electron chi connectivity index (χ3n) is 7.43. The highest BCUT2D eigenvalue weighted by Gasteiger charge is 2.35. The van der Waals surface area contributed by atoms with Crippen molar-refractivity contribution in [3.05, 3.63) is 59.0 Å². The van der Waals surface area contributed by atoms with Crippen LogP contribution < -0.4 is 0 Å². The molecule has 1 aromatic heterocycles. The van der Waals surface area contributed by atoms with Gasteiger partial charge in [-0.1, -0.05) is 49.4 Å². The predicted octanol–water partition coefficient (Wildman–Crippen LogP) is 6.39. The van der Waals surface area contributed by atoms with Gasteiger partial charge in [0.15, 0.2) is 5.78 Å². The molecule has 4 heteroatoms. The van der Waals surface area contributed by atoms with Gasteiger partial charge in [-0.15, -0.1) is 11.3 Å². The molecule has 32 heavy (non-hydrogen) atoms. The quantitative estimate of drug-likeness (QED) is 0.377. The molecule has 3 nitrogen and oxygen atoms in total. The van der Waals surface area contributed by atoms with Crippen LogP contribution in [0.5, 0.6) is 0 Å². The number of rotatable bonds is 8. The summed E-state index contributed by atoms with van der Waals surface area (Å²) in [6.45, 7) is 5.45. The van der Waals surface area contributed by atoms with E-state index in [0.29, 0.717) is 36.7 Å². The Labute approximate surface area is 194 Å². The predicted molar refractivity (Wildman–Crippen MR) is 132 cm³/mol. The molecule has 0 N–H and O–H groups in total. The number of fused-ring (bicyclic) bond motifs is 4. The van der Waals surface area contributed by atoms with E-state index in [1.807, 2.05) is 13.0 Å².